The second kappa shape index (κ2) is 8.28. The Morgan fingerprint density at radius 3 is 2.34 bits per heavy atom. The molecule has 1 fully saturated rings. The monoisotopic (exact) mass is 447 g/mol. The Balaban J connectivity index is 1.67. The molecule has 5 rings (SSSR count). The van der Waals surface area contributed by atoms with Crippen molar-refractivity contribution in [3.8, 4) is 22.6 Å². The van der Waals surface area contributed by atoms with Crippen molar-refractivity contribution in [2.75, 3.05) is 0 Å². The molecule has 0 atom stereocenters. The molecule has 1 aliphatic carbocycles. The van der Waals surface area contributed by atoms with Crippen molar-refractivity contribution in [1.82, 2.24) is 15.0 Å². The summed E-state index contributed by atoms with van der Waals surface area (Å²) in [5, 5.41) is 30.1. The van der Waals surface area contributed by atoms with E-state index < -0.39 is 5.97 Å². The maximum Gasteiger partial charge on any atom is 0.335 e. The van der Waals surface area contributed by atoms with E-state index in [1.807, 2.05) is 12.1 Å². The van der Waals surface area contributed by atoms with Gasteiger partial charge in [0, 0.05) is 5.02 Å². The molecule has 0 saturated heterocycles. The number of carbonyl (C=O) groups is 1. The van der Waals surface area contributed by atoms with Crippen LogP contribution in [0.5, 0.6) is 5.75 Å². The average Bonchev–Trinajstić information content (AvgIpc) is 3.23. The molecular weight excluding hydrogens is 426 g/mol. The van der Waals surface area contributed by atoms with Crippen LogP contribution in [0, 0.1) is 0 Å². The number of rotatable bonds is 4. The number of phenols is 1. The first-order valence-electron chi connectivity index (χ1n) is 10.7. The van der Waals surface area contributed by atoms with Crippen LogP contribution in [0.2, 0.25) is 5.02 Å². The Hall–Kier alpha value is -3.38. The van der Waals surface area contributed by atoms with Gasteiger partial charge in [-0.2, -0.15) is 0 Å². The number of aromatic hydroxyl groups is 1. The van der Waals surface area contributed by atoms with Gasteiger partial charge in [-0.1, -0.05) is 43.0 Å². The fourth-order valence-corrected chi connectivity index (χ4v) is 4.65. The summed E-state index contributed by atoms with van der Waals surface area (Å²) >= 11 is 6.10. The van der Waals surface area contributed by atoms with E-state index in [0.717, 1.165) is 42.4 Å². The third kappa shape index (κ3) is 3.82. The van der Waals surface area contributed by atoms with Gasteiger partial charge < -0.3 is 10.2 Å². The van der Waals surface area contributed by atoms with Crippen LogP contribution in [-0.2, 0) is 0 Å². The maximum absolute atomic E-state index is 11.3. The maximum atomic E-state index is 11.3. The summed E-state index contributed by atoms with van der Waals surface area (Å²) in [6.45, 7) is 0. The topological polar surface area (TPSA) is 88.2 Å². The Kier molecular flexibility index (Phi) is 5.31. The van der Waals surface area contributed by atoms with Crippen LogP contribution in [0.1, 0.15) is 53.9 Å². The van der Waals surface area contributed by atoms with Gasteiger partial charge in [0.15, 0.2) is 0 Å². The SMILES string of the molecule is O=C(O)c1ccc(-c2cc(C3CCCCC3)c(O)c(-n3nc4ccc(Cl)cc4n3)c2)cc1. The van der Waals surface area contributed by atoms with Crippen LogP contribution < -0.4 is 0 Å². The molecule has 162 valence electrons. The summed E-state index contributed by atoms with van der Waals surface area (Å²) < 4.78 is 0. The Morgan fingerprint density at radius 1 is 0.906 bits per heavy atom. The van der Waals surface area contributed by atoms with E-state index >= 15 is 0 Å². The van der Waals surface area contributed by atoms with Gasteiger partial charge in [-0.3, -0.25) is 0 Å². The van der Waals surface area contributed by atoms with E-state index in [2.05, 4.69) is 10.2 Å². The molecule has 0 spiro atoms. The van der Waals surface area contributed by atoms with Crippen molar-refractivity contribution in [2.24, 2.45) is 0 Å². The quantitative estimate of drug-likeness (QED) is 0.389. The van der Waals surface area contributed by atoms with Crippen LogP contribution in [0.25, 0.3) is 27.8 Å². The highest BCUT2D eigenvalue weighted by Gasteiger charge is 2.23. The van der Waals surface area contributed by atoms with E-state index in [0.29, 0.717) is 21.7 Å². The van der Waals surface area contributed by atoms with E-state index in [4.69, 9.17) is 11.6 Å². The van der Waals surface area contributed by atoms with Crippen molar-refractivity contribution in [3.63, 3.8) is 0 Å². The first kappa shape index (κ1) is 20.5. The minimum absolute atomic E-state index is 0.189. The van der Waals surface area contributed by atoms with Gasteiger partial charge in [-0.15, -0.1) is 15.0 Å². The van der Waals surface area contributed by atoms with Crippen LogP contribution in [0.4, 0.5) is 0 Å². The van der Waals surface area contributed by atoms with Gasteiger partial charge >= 0.3 is 5.97 Å². The Labute approximate surface area is 190 Å². The van der Waals surface area contributed by atoms with E-state index in [9.17, 15) is 15.0 Å². The zero-order chi connectivity index (χ0) is 22.2. The summed E-state index contributed by atoms with van der Waals surface area (Å²) in [7, 11) is 0. The first-order chi connectivity index (χ1) is 15.5. The van der Waals surface area contributed by atoms with Crippen LogP contribution >= 0.6 is 11.6 Å². The zero-order valence-electron chi connectivity index (χ0n) is 17.3. The van der Waals surface area contributed by atoms with Crippen LogP contribution in [0.3, 0.4) is 0 Å². The number of carboxylic acids is 1. The second-order valence-corrected chi connectivity index (χ2v) is 8.71. The van der Waals surface area contributed by atoms with Gasteiger partial charge in [0.2, 0.25) is 0 Å². The molecule has 32 heavy (non-hydrogen) atoms. The number of phenolic OH excluding ortho intramolecular Hbond substituents is 1. The molecule has 0 radical (unpaired) electrons. The lowest BCUT2D eigenvalue weighted by atomic mass is 9.82. The zero-order valence-corrected chi connectivity index (χ0v) is 18.1. The van der Waals surface area contributed by atoms with Crippen LogP contribution in [-0.4, -0.2) is 31.2 Å². The first-order valence-corrected chi connectivity index (χ1v) is 11.1. The third-order valence-electron chi connectivity index (χ3n) is 6.19. The minimum atomic E-state index is -0.961. The largest absolute Gasteiger partial charge is 0.505 e. The molecule has 1 aliphatic rings. The molecule has 4 aromatic rings. The fraction of sp³-hybridized carbons (Fsp3) is 0.240. The van der Waals surface area contributed by atoms with Gasteiger partial charge in [0.25, 0.3) is 0 Å². The number of carboxylic acid groups (broad SMARTS) is 1. The number of fused-ring (bicyclic) bond motifs is 1. The van der Waals surface area contributed by atoms with Gasteiger partial charge in [0.1, 0.15) is 22.5 Å². The molecule has 6 nitrogen and oxygen atoms in total. The number of halogens is 1. The highest BCUT2D eigenvalue weighted by molar-refractivity contribution is 6.31. The highest BCUT2D eigenvalue weighted by atomic mass is 35.5. The molecule has 1 saturated carbocycles. The smallest absolute Gasteiger partial charge is 0.335 e. The number of aromatic carboxylic acids is 1. The summed E-state index contributed by atoms with van der Waals surface area (Å²) in [5.74, 6) is -0.508. The van der Waals surface area contributed by atoms with Crippen molar-refractivity contribution in [2.45, 2.75) is 38.0 Å². The summed E-state index contributed by atoms with van der Waals surface area (Å²) in [4.78, 5) is 12.7. The molecule has 0 aliphatic heterocycles. The molecule has 1 heterocycles. The van der Waals surface area contributed by atoms with Crippen molar-refractivity contribution >= 4 is 28.6 Å². The van der Waals surface area contributed by atoms with Crippen molar-refractivity contribution in [1.29, 1.82) is 0 Å². The lowest BCUT2D eigenvalue weighted by Gasteiger charge is -2.24. The number of hydrogen-bond donors (Lipinski definition) is 2. The van der Waals surface area contributed by atoms with Gasteiger partial charge in [-0.05, 0) is 77.9 Å². The number of benzene rings is 3. The van der Waals surface area contributed by atoms with E-state index in [-0.39, 0.29) is 17.2 Å². The molecule has 0 bridgehead atoms. The predicted octanol–water partition coefficient (Wildman–Crippen LogP) is 6.19. The number of hydrogen-bond acceptors (Lipinski definition) is 4. The van der Waals surface area contributed by atoms with Gasteiger partial charge in [0.05, 0.1) is 5.56 Å². The van der Waals surface area contributed by atoms with E-state index in [1.54, 1.807) is 42.5 Å². The lowest BCUT2D eigenvalue weighted by molar-refractivity contribution is 0.0697. The molecule has 3 aromatic carbocycles. The number of nitrogens with zero attached hydrogens (tertiary/aromatic N) is 3. The summed E-state index contributed by atoms with van der Waals surface area (Å²) in [6, 6.07) is 15.9. The average molecular weight is 448 g/mol. The van der Waals surface area contributed by atoms with Gasteiger partial charge in [-0.25, -0.2) is 4.79 Å². The third-order valence-corrected chi connectivity index (χ3v) is 6.42. The number of aromatic nitrogens is 3. The summed E-state index contributed by atoms with van der Waals surface area (Å²) in [6.07, 6.45) is 5.54. The lowest BCUT2D eigenvalue weighted by Crippen LogP contribution is -2.08. The molecule has 0 amide bonds. The normalized spacial score (nSPS) is 14.7. The minimum Gasteiger partial charge on any atom is -0.505 e. The Morgan fingerprint density at radius 2 is 1.62 bits per heavy atom. The molecule has 7 heteroatoms. The fourth-order valence-electron chi connectivity index (χ4n) is 4.49. The second-order valence-electron chi connectivity index (χ2n) is 8.27. The van der Waals surface area contributed by atoms with Crippen LogP contribution in [0.15, 0.2) is 54.6 Å². The predicted molar refractivity (Wildman–Crippen MR) is 124 cm³/mol. The van der Waals surface area contributed by atoms with Crippen molar-refractivity contribution in [3.05, 3.63) is 70.7 Å². The molecule has 2 N–H and O–H groups in total. The molecule has 1 aromatic heterocycles. The summed E-state index contributed by atoms with van der Waals surface area (Å²) in [5.41, 5.74) is 4.70. The Bertz CT molecular complexity index is 1310. The molecule has 0 unspecified atom stereocenters. The highest BCUT2D eigenvalue weighted by Crippen LogP contribution is 2.42. The van der Waals surface area contributed by atoms with Crippen molar-refractivity contribution < 1.29 is 15.0 Å². The molecular formula is C25H22ClN3O3. The van der Waals surface area contributed by atoms with E-state index in [1.165, 1.54) is 11.2 Å². The standard InChI is InChI=1S/C25H22ClN3O3/c26-19-10-11-21-22(14-19)28-29(27-21)23-13-18(15-6-8-17(9-7-15)25(31)32)12-20(24(23)30)16-4-2-1-3-5-16/h6-14,16,30H,1-5H2,(H,31,32).